The Morgan fingerprint density at radius 3 is 2.90 bits per heavy atom. The molecule has 0 aliphatic carbocycles. The third kappa shape index (κ3) is 3.73. The van der Waals surface area contributed by atoms with Crippen LogP contribution < -0.4 is 5.73 Å². The van der Waals surface area contributed by atoms with Crippen LogP contribution in [0.25, 0.3) is 23.2 Å². The Balaban J connectivity index is 1.75. The van der Waals surface area contributed by atoms with Crippen molar-refractivity contribution >= 4 is 46.5 Å². The number of nitrogens with two attached hydrogens (primary N) is 1. The van der Waals surface area contributed by atoms with E-state index in [0.717, 1.165) is 24.9 Å². The molecule has 148 valence electrons. The maximum atomic E-state index is 12.1. The van der Waals surface area contributed by atoms with Gasteiger partial charge in [0.25, 0.3) is 0 Å². The Hall–Kier alpha value is -3.19. The van der Waals surface area contributed by atoms with Gasteiger partial charge in [-0.3, -0.25) is 4.79 Å². The van der Waals surface area contributed by atoms with E-state index < -0.39 is 0 Å². The molecule has 1 atom stereocenters. The van der Waals surface area contributed by atoms with Gasteiger partial charge in [0.2, 0.25) is 5.91 Å². The molecule has 1 saturated heterocycles. The molecule has 3 heterocycles. The molecule has 7 nitrogen and oxygen atoms in total. The van der Waals surface area contributed by atoms with Crippen LogP contribution >= 0.6 is 11.6 Å². The molecular weight excluding hydrogens is 388 g/mol. The molecule has 0 spiro atoms. The van der Waals surface area contributed by atoms with Gasteiger partial charge < -0.3 is 10.6 Å². The maximum absolute atomic E-state index is 12.1. The summed E-state index contributed by atoms with van der Waals surface area (Å²) in [6.45, 7) is 4.86. The third-order valence-electron chi connectivity index (χ3n) is 5.10. The van der Waals surface area contributed by atoms with Crippen LogP contribution in [0.1, 0.15) is 30.1 Å². The van der Waals surface area contributed by atoms with Crippen molar-refractivity contribution in [2.75, 3.05) is 18.8 Å². The molecule has 3 aromatic rings. The Kier molecular flexibility index (Phi) is 5.31. The van der Waals surface area contributed by atoms with Gasteiger partial charge in [0.15, 0.2) is 5.65 Å². The molecule has 0 bridgehead atoms. The lowest BCUT2D eigenvalue weighted by Gasteiger charge is -2.32. The molecule has 1 aliphatic rings. The number of anilines is 1. The first kappa shape index (κ1) is 19.1. The number of aromatic nitrogens is 4. The van der Waals surface area contributed by atoms with E-state index in [0.29, 0.717) is 34.1 Å². The van der Waals surface area contributed by atoms with Crippen molar-refractivity contribution in [3.8, 4) is 0 Å². The number of piperidine rings is 1. The van der Waals surface area contributed by atoms with Gasteiger partial charge >= 0.3 is 0 Å². The zero-order valence-electron chi connectivity index (χ0n) is 15.8. The quantitative estimate of drug-likeness (QED) is 0.666. The molecule has 1 aromatic carbocycles. The van der Waals surface area contributed by atoms with Crippen molar-refractivity contribution in [1.29, 1.82) is 0 Å². The number of hydrogen-bond acceptors (Lipinski definition) is 5. The molecule has 29 heavy (non-hydrogen) atoms. The summed E-state index contributed by atoms with van der Waals surface area (Å²) in [5, 5.41) is 6.13. The van der Waals surface area contributed by atoms with Gasteiger partial charge in [-0.15, -0.1) is 0 Å². The second-order valence-corrected chi connectivity index (χ2v) is 7.33. The highest BCUT2D eigenvalue weighted by molar-refractivity contribution is 6.32. The molecule has 1 unspecified atom stereocenters. The molecular formula is C21H21ClN6O. The summed E-state index contributed by atoms with van der Waals surface area (Å²) in [5.41, 5.74) is 8.37. The number of likely N-dealkylation sites (tertiary alicyclic amines) is 1. The summed E-state index contributed by atoms with van der Waals surface area (Å²) < 4.78 is 1.86. The standard InChI is InChI=1S/C21H21ClN6O/c1-2-18(29)27-11-5-7-15(12-27)28-21-19(20(23)24-13-25-21)17(26-28)10-9-14-6-3-4-8-16(14)22/h2-4,6,8-10,13,15H,1,5,7,11-12H2,(H2,23,24,25)/b10-9+. The molecule has 4 rings (SSSR count). The summed E-state index contributed by atoms with van der Waals surface area (Å²) >= 11 is 6.25. The third-order valence-corrected chi connectivity index (χ3v) is 5.44. The first-order valence-electron chi connectivity index (χ1n) is 9.41. The molecule has 1 fully saturated rings. The van der Waals surface area contributed by atoms with E-state index in [1.54, 1.807) is 4.90 Å². The van der Waals surface area contributed by atoms with Crippen LogP contribution in [0.2, 0.25) is 5.02 Å². The van der Waals surface area contributed by atoms with Crippen molar-refractivity contribution in [3.05, 3.63) is 59.5 Å². The van der Waals surface area contributed by atoms with Gasteiger partial charge in [-0.05, 0) is 36.6 Å². The first-order valence-corrected chi connectivity index (χ1v) is 9.79. The van der Waals surface area contributed by atoms with E-state index in [1.165, 1.54) is 12.4 Å². The second-order valence-electron chi connectivity index (χ2n) is 6.93. The number of fused-ring (bicyclic) bond motifs is 1. The molecule has 1 amide bonds. The number of nitrogen functional groups attached to an aromatic ring is 1. The maximum Gasteiger partial charge on any atom is 0.246 e. The predicted octanol–water partition coefficient (Wildman–Crippen LogP) is 3.58. The predicted molar refractivity (Wildman–Crippen MR) is 115 cm³/mol. The summed E-state index contributed by atoms with van der Waals surface area (Å²) in [5.74, 6) is 0.300. The topological polar surface area (TPSA) is 89.9 Å². The summed E-state index contributed by atoms with van der Waals surface area (Å²) in [6.07, 6.45) is 8.34. The minimum Gasteiger partial charge on any atom is -0.383 e. The zero-order chi connectivity index (χ0) is 20.4. The largest absolute Gasteiger partial charge is 0.383 e. The summed E-state index contributed by atoms with van der Waals surface area (Å²) in [6, 6.07) is 7.58. The van der Waals surface area contributed by atoms with E-state index in [1.807, 2.05) is 41.1 Å². The lowest BCUT2D eigenvalue weighted by atomic mass is 10.1. The van der Waals surface area contributed by atoms with Crippen LogP contribution in [-0.4, -0.2) is 43.6 Å². The highest BCUT2D eigenvalue weighted by Gasteiger charge is 2.27. The Morgan fingerprint density at radius 1 is 1.28 bits per heavy atom. The number of hydrogen-bond donors (Lipinski definition) is 1. The van der Waals surface area contributed by atoms with E-state index in [-0.39, 0.29) is 11.9 Å². The number of benzene rings is 1. The molecule has 8 heteroatoms. The molecule has 2 aromatic heterocycles. The number of amides is 1. The highest BCUT2D eigenvalue weighted by atomic mass is 35.5. The minimum absolute atomic E-state index is 0.00640. The number of rotatable bonds is 4. The van der Waals surface area contributed by atoms with Gasteiger partial charge in [0, 0.05) is 18.1 Å². The Bertz CT molecular complexity index is 1110. The SMILES string of the molecule is C=CC(=O)N1CCCC(n2nc(/C=C/c3ccccc3Cl)c3c(N)ncnc32)C1. The smallest absolute Gasteiger partial charge is 0.246 e. The number of nitrogens with zero attached hydrogens (tertiary/aromatic N) is 5. The Morgan fingerprint density at radius 2 is 2.10 bits per heavy atom. The van der Waals surface area contributed by atoms with Gasteiger partial charge in [-0.25, -0.2) is 14.6 Å². The number of halogens is 1. The van der Waals surface area contributed by atoms with Gasteiger partial charge in [0.05, 0.1) is 17.1 Å². The Labute approximate surface area is 173 Å². The fraction of sp³-hybridized carbons (Fsp3) is 0.238. The van der Waals surface area contributed by atoms with Gasteiger partial charge in [-0.2, -0.15) is 5.10 Å². The molecule has 0 radical (unpaired) electrons. The zero-order valence-corrected chi connectivity index (χ0v) is 16.6. The lowest BCUT2D eigenvalue weighted by Crippen LogP contribution is -2.40. The fourth-order valence-electron chi connectivity index (χ4n) is 3.66. The van der Waals surface area contributed by atoms with E-state index in [4.69, 9.17) is 22.4 Å². The average Bonchev–Trinajstić information content (AvgIpc) is 3.13. The van der Waals surface area contributed by atoms with Crippen LogP contribution in [0, 0.1) is 0 Å². The van der Waals surface area contributed by atoms with E-state index in [2.05, 4.69) is 16.5 Å². The first-order chi connectivity index (χ1) is 14.1. The molecule has 0 saturated carbocycles. The normalized spacial score (nSPS) is 17.1. The second kappa shape index (κ2) is 8.05. The fourth-order valence-corrected chi connectivity index (χ4v) is 3.85. The summed E-state index contributed by atoms with van der Waals surface area (Å²) in [7, 11) is 0. The number of carbonyl (C=O) groups excluding carboxylic acids is 1. The van der Waals surface area contributed by atoms with Crippen molar-refractivity contribution in [1.82, 2.24) is 24.6 Å². The minimum atomic E-state index is -0.0702. The highest BCUT2D eigenvalue weighted by Crippen LogP contribution is 2.30. The van der Waals surface area contributed by atoms with Gasteiger partial charge in [0.1, 0.15) is 12.1 Å². The number of carbonyl (C=O) groups is 1. The van der Waals surface area contributed by atoms with E-state index in [9.17, 15) is 4.79 Å². The molecule has 1 aliphatic heterocycles. The molecule has 2 N–H and O–H groups in total. The van der Waals surface area contributed by atoms with Crippen molar-refractivity contribution in [3.63, 3.8) is 0 Å². The van der Waals surface area contributed by atoms with Crippen molar-refractivity contribution in [2.24, 2.45) is 0 Å². The van der Waals surface area contributed by atoms with E-state index >= 15 is 0 Å². The van der Waals surface area contributed by atoms with Gasteiger partial charge in [-0.1, -0.05) is 42.5 Å². The monoisotopic (exact) mass is 408 g/mol. The van der Waals surface area contributed by atoms with Crippen LogP contribution in [0.4, 0.5) is 5.82 Å². The lowest BCUT2D eigenvalue weighted by molar-refractivity contribution is -0.127. The van der Waals surface area contributed by atoms with Crippen molar-refractivity contribution < 1.29 is 4.79 Å². The summed E-state index contributed by atoms with van der Waals surface area (Å²) in [4.78, 5) is 22.4. The van der Waals surface area contributed by atoms with Crippen molar-refractivity contribution in [2.45, 2.75) is 18.9 Å². The van der Waals surface area contributed by atoms with Crippen LogP contribution in [0.5, 0.6) is 0 Å². The average molecular weight is 409 g/mol. The van der Waals surface area contributed by atoms with Crippen LogP contribution in [0.3, 0.4) is 0 Å². The van der Waals surface area contributed by atoms with Crippen LogP contribution in [0.15, 0.2) is 43.2 Å². The van der Waals surface area contributed by atoms with Crippen LogP contribution in [-0.2, 0) is 4.79 Å².